The second-order valence-electron chi connectivity index (χ2n) is 2.63. The highest BCUT2D eigenvalue weighted by Gasteiger charge is 1.69. The highest BCUT2D eigenvalue weighted by molar-refractivity contribution is 5.20. The molecule has 0 aromatic heterocycles. The number of hydrogen-bond donors (Lipinski definition) is 0. The van der Waals surface area contributed by atoms with Gasteiger partial charge >= 0.3 is 0 Å². The number of hydrogen-bond acceptors (Lipinski definition) is 0. The minimum absolute atomic E-state index is 0.988. The molecule has 1 aliphatic carbocycles. The first kappa shape index (κ1) is 9.53. The third-order valence-electron chi connectivity index (χ3n) is 1.54. The molecule has 0 unspecified atom stereocenters. The molecule has 0 radical (unpaired) electrons. The first-order valence-electron chi connectivity index (χ1n) is 4.48. The Labute approximate surface area is 80.0 Å². The Kier molecular flexibility index (Phi) is 5.21. The lowest BCUT2D eigenvalue weighted by molar-refractivity contribution is 1.39. The SMILES string of the molecule is C1=C/C=C/C=C/C/C=C/C=C/C=C1. The van der Waals surface area contributed by atoms with E-state index in [1.165, 1.54) is 0 Å². The summed E-state index contributed by atoms with van der Waals surface area (Å²) in [6.45, 7) is 0. The Morgan fingerprint density at radius 2 is 0.692 bits per heavy atom. The molecule has 0 heteroatoms. The maximum atomic E-state index is 2.12. The fourth-order valence-electron chi connectivity index (χ4n) is 0.906. The minimum atomic E-state index is 0.988. The van der Waals surface area contributed by atoms with Gasteiger partial charge in [0.2, 0.25) is 0 Å². The Morgan fingerprint density at radius 1 is 0.385 bits per heavy atom. The van der Waals surface area contributed by atoms with E-state index in [-0.39, 0.29) is 0 Å². The summed E-state index contributed by atoms with van der Waals surface area (Å²) in [4.78, 5) is 0. The van der Waals surface area contributed by atoms with Crippen molar-refractivity contribution in [1.29, 1.82) is 0 Å². The van der Waals surface area contributed by atoms with Gasteiger partial charge in [-0.1, -0.05) is 72.9 Å². The number of allylic oxidation sites excluding steroid dienone is 12. The van der Waals surface area contributed by atoms with Crippen LogP contribution >= 0.6 is 0 Å². The molecule has 0 N–H and O–H groups in total. The minimum Gasteiger partial charge on any atom is -0.0807 e. The molecule has 0 heterocycles. The van der Waals surface area contributed by atoms with Gasteiger partial charge in [0.1, 0.15) is 0 Å². The van der Waals surface area contributed by atoms with E-state index in [4.69, 9.17) is 0 Å². The summed E-state index contributed by atoms with van der Waals surface area (Å²) in [5.41, 5.74) is 0. The van der Waals surface area contributed by atoms with Crippen LogP contribution in [-0.2, 0) is 0 Å². The van der Waals surface area contributed by atoms with Crippen molar-refractivity contribution < 1.29 is 0 Å². The average Bonchev–Trinajstić information content (AvgIpc) is 2.18. The van der Waals surface area contributed by atoms with E-state index in [2.05, 4.69) is 24.3 Å². The van der Waals surface area contributed by atoms with Crippen LogP contribution in [0.4, 0.5) is 0 Å². The molecule has 0 amide bonds. The summed E-state index contributed by atoms with van der Waals surface area (Å²) in [5, 5.41) is 0. The van der Waals surface area contributed by atoms with Gasteiger partial charge in [0.25, 0.3) is 0 Å². The van der Waals surface area contributed by atoms with Gasteiger partial charge in [-0.25, -0.2) is 0 Å². The van der Waals surface area contributed by atoms with Gasteiger partial charge in [0, 0.05) is 0 Å². The van der Waals surface area contributed by atoms with Crippen LogP contribution in [-0.4, -0.2) is 0 Å². The van der Waals surface area contributed by atoms with E-state index in [1.807, 2.05) is 48.6 Å². The van der Waals surface area contributed by atoms with Crippen LogP contribution in [0.15, 0.2) is 72.9 Å². The Hall–Kier alpha value is -1.56. The second-order valence-corrected chi connectivity index (χ2v) is 2.63. The summed E-state index contributed by atoms with van der Waals surface area (Å²) in [6, 6.07) is 0. The van der Waals surface area contributed by atoms with Crippen LogP contribution < -0.4 is 0 Å². The van der Waals surface area contributed by atoms with Crippen molar-refractivity contribution in [3.8, 4) is 0 Å². The molecule has 66 valence electrons. The Morgan fingerprint density at radius 3 is 1.08 bits per heavy atom. The quantitative estimate of drug-likeness (QED) is 0.519. The fourth-order valence-corrected chi connectivity index (χ4v) is 0.906. The molecule has 0 nitrogen and oxygen atoms in total. The molecule has 0 aromatic carbocycles. The molecule has 0 saturated heterocycles. The van der Waals surface area contributed by atoms with Crippen LogP contribution in [0.5, 0.6) is 0 Å². The van der Waals surface area contributed by atoms with E-state index >= 15 is 0 Å². The van der Waals surface area contributed by atoms with Crippen LogP contribution in [0.2, 0.25) is 0 Å². The van der Waals surface area contributed by atoms with E-state index in [9.17, 15) is 0 Å². The van der Waals surface area contributed by atoms with Gasteiger partial charge < -0.3 is 0 Å². The van der Waals surface area contributed by atoms with E-state index in [1.54, 1.807) is 0 Å². The highest BCUT2D eigenvalue weighted by Crippen LogP contribution is 1.90. The summed E-state index contributed by atoms with van der Waals surface area (Å²) >= 11 is 0. The first-order valence-corrected chi connectivity index (χ1v) is 4.48. The monoisotopic (exact) mass is 170 g/mol. The molecule has 1 rings (SSSR count). The topological polar surface area (TPSA) is 0 Å². The first-order chi connectivity index (χ1) is 6.50. The normalized spacial score (nSPS) is 26.5. The van der Waals surface area contributed by atoms with Crippen molar-refractivity contribution in [2.24, 2.45) is 0 Å². The molecule has 1 aliphatic rings. The molecule has 0 atom stereocenters. The smallest absolute Gasteiger partial charge is 0.0163 e. The van der Waals surface area contributed by atoms with Gasteiger partial charge in [0.15, 0.2) is 0 Å². The predicted octanol–water partition coefficient (Wildman–Crippen LogP) is 3.73. The number of rotatable bonds is 0. The van der Waals surface area contributed by atoms with Gasteiger partial charge in [-0.3, -0.25) is 0 Å². The van der Waals surface area contributed by atoms with Crippen molar-refractivity contribution in [2.45, 2.75) is 6.42 Å². The van der Waals surface area contributed by atoms with E-state index in [0.717, 1.165) is 6.42 Å². The van der Waals surface area contributed by atoms with Crippen molar-refractivity contribution in [3.05, 3.63) is 72.9 Å². The van der Waals surface area contributed by atoms with Crippen LogP contribution in [0.1, 0.15) is 6.42 Å². The van der Waals surface area contributed by atoms with Crippen LogP contribution in [0.25, 0.3) is 0 Å². The van der Waals surface area contributed by atoms with Crippen LogP contribution in [0, 0.1) is 0 Å². The molecule has 0 bridgehead atoms. The van der Waals surface area contributed by atoms with Crippen molar-refractivity contribution >= 4 is 0 Å². The Bertz CT molecular complexity index is 253. The van der Waals surface area contributed by atoms with Crippen molar-refractivity contribution in [2.75, 3.05) is 0 Å². The van der Waals surface area contributed by atoms with E-state index < -0.39 is 0 Å². The highest BCUT2D eigenvalue weighted by atomic mass is 13.8. The van der Waals surface area contributed by atoms with Gasteiger partial charge in [0.05, 0.1) is 0 Å². The molecule has 0 spiro atoms. The molecule has 0 aromatic rings. The zero-order valence-electron chi connectivity index (χ0n) is 7.64. The van der Waals surface area contributed by atoms with Gasteiger partial charge in [-0.2, -0.15) is 0 Å². The zero-order valence-corrected chi connectivity index (χ0v) is 7.64. The summed E-state index contributed by atoms with van der Waals surface area (Å²) in [5.74, 6) is 0. The zero-order chi connectivity index (χ0) is 9.19. The van der Waals surface area contributed by atoms with Gasteiger partial charge in [-0.15, -0.1) is 0 Å². The standard InChI is InChI=1S/C13H14/c1-2-4-6-8-10-12-13-11-9-7-5-3-1/h1-12H,13H2/b3-1?,4-2?,7-5+,8-6+,11-9+,12-10+. The maximum Gasteiger partial charge on any atom is -0.0163 e. The molecule has 0 saturated carbocycles. The average molecular weight is 170 g/mol. The maximum absolute atomic E-state index is 2.12. The summed E-state index contributed by atoms with van der Waals surface area (Å²) in [6.07, 6.45) is 25.5. The molecule has 13 heavy (non-hydrogen) atoms. The van der Waals surface area contributed by atoms with Gasteiger partial charge in [-0.05, 0) is 6.42 Å². The largest absolute Gasteiger partial charge is 0.0807 e. The fraction of sp³-hybridized carbons (Fsp3) is 0.0769. The molecule has 0 fully saturated rings. The molecular weight excluding hydrogens is 156 g/mol. The predicted molar refractivity (Wildman–Crippen MR) is 59.5 cm³/mol. The van der Waals surface area contributed by atoms with Crippen molar-refractivity contribution in [3.63, 3.8) is 0 Å². The van der Waals surface area contributed by atoms with E-state index in [0.29, 0.717) is 0 Å². The van der Waals surface area contributed by atoms with Crippen molar-refractivity contribution in [1.82, 2.24) is 0 Å². The molecular formula is C13H14. The molecule has 0 aliphatic heterocycles. The summed E-state index contributed by atoms with van der Waals surface area (Å²) in [7, 11) is 0. The lowest BCUT2D eigenvalue weighted by Crippen LogP contribution is -1.56. The van der Waals surface area contributed by atoms with Crippen LogP contribution in [0.3, 0.4) is 0 Å². The third kappa shape index (κ3) is 5.68. The second kappa shape index (κ2) is 7.11. The lowest BCUT2D eigenvalue weighted by Gasteiger charge is -1.77. The lowest BCUT2D eigenvalue weighted by atomic mass is 10.3. The Balaban J connectivity index is 2.62. The summed E-state index contributed by atoms with van der Waals surface area (Å²) < 4.78 is 0. The third-order valence-corrected chi connectivity index (χ3v) is 1.54.